The van der Waals surface area contributed by atoms with Gasteiger partial charge in [0.2, 0.25) is 11.8 Å². The Morgan fingerprint density at radius 2 is 1.84 bits per heavy atom. The summed E-state index contributed by atoms with van der Waals surface area (Å²) in [6, 6.07) is 5.03. The molecule has 1 saturated heterocycles. The standard InChI is InChI=1S/C22H25F2N3O4/c1-13(2)20(26-21(29)17-5-3-14(23)11-18(17)28)22(30)27-9-7-16(8-10-27)31-19-6-4-15(24)12-25-19/h3-6,11-13,16,20,28H,7-10H2,1-2H3,(H,26,29)/t20-/m0/s1. The van der Waals surface area contributed by atoms with Crippen molar-refractivity contribution in [2.45, 2.75) is 38.8 Å². The number of benzene rings is 1. The number of halogens is 2. The van der Waals surface area contributed by atoms with Crippen LogP contribution in [-0.2, 0) is 4.79 Å². The Bertz CT molecular complexity index is 929. The average molecular weight is 433 g/mol. The lowest BCUT2D eigenvalue weighted by Crippen LogP contribution is -2.53. The zero-order valence-electron chi connectivity index (χ0n) is 17.3. The van der Waals surface area contributed by atoms with Crippen LogP contribution >= 0.6 is 0 Å². The first kappa shape index (κ1) is 22.5. The summed E-state index contributed by atoms with van der Waals surface area (Å²) in [6.45, 7) is 4.49. The first-order valence-electron chi connectivity index (χ1n) is 10.1. The van der Waals surface area contributed by atoms with Crippen molar-refractivity contribution in [3.05, 3.63) is 53.7 Å². The minimum Gasteiger partial charge on any atom is -0.507 e. The van der Waals surface area contributed by atoms with E-state index in [9.17, 15) is 23.5 Å². The molecule has 2 N–H and O–H groups in total. The summed E-state index contributed by atoms with van der Waals surface area (Å²) in [4.78, 5) is 31.1. The zero-order valence-corrected chi connectivity index (χ0v) is 17.3. The maximum absolute atomic E-state index is 13.2. The molecule has 0 spiro atoms. The van der Waals surface area contributed by atoms with Gasteiger partial charge in [0.1, 0.15) is 29.5 Å². The molecule has 166 valence electrons. The number of pyridine rings is 1. The molecule has 1 atom stereocenters. The van der Waals surface area contributed by atoms with Crippen LogP contribution in [0.2, 0.25) is 0 Å². The average Bonchev–Trinajstić information content (AvgIpc) is 2.73. The van der Waals surface area contributed by atoms with E-state index < -0.39 is 29.3 Å². The lowest BCUT2D eigenvalue weighted by atomic mass is 9.99. The van der Waals surface area contributed by atoms with Gasteiger partial charge in [-0.3, -0.25) is 9.59 Å². The third kappa shape index (κ3) is 5.68. The fourth-order valence-corrected chi connectivity index (χ4v) is 3.42. The summed E-state index contributed by atoms with van der Waals surface area (Å²) in [6.07, 6.45) is 2.08. The second-order valence-electron chi connectivity index (χ2n) is 7.81. The Hall–Kier alpha value is -3.23. The van der Waals surface area contributed by atoms with E-state index in [-0.39, 0.29) is 23.5 Å². The molecular weight excluding hydrogens is 408 g/mol. The summed E-state index contributed by atoms with van der Waals surface area (Å²) in [5, 5.41) is 12.5. The fourth-order valence-electron chi connectivity index (χ4n) is 3.42. The van der Waals surface area contributed by atoms with Gasteiger partial charge in [-0.2, -0.15) is 0 Å². The van der Waals surface area contributed by atoms with Crippen LogP contribution in [-0.4, -0.2) is 52.0 Å². The van der Waals surface area contributed by atoms with Crippen LogP contribution in [0.1, 0.15) is 37.0 Å². The van der Waals surface area contributed by atoms with Crippen LogP contribution < -0.4 is 10.1 Å². The number of aromatic nitrogens is 1. The molecule has 0 bridgehead atoms. The van der Waals surface area contributed by atoms with Crippen LogP contribution in [0.25, 0.3) is 0 Å². The lowest BCUT2D eigenvalue weighted by molar-refractivity contribution is -0.136. The minimum atomic E-state index is -0.798. The van der Waals surface area contributed by atoms with Crippen molar-refractivity contribution in [1.82, 2.24) is 15.2 Å². The molecule has 2 heterocycles. The molecule has 0 aliphatic carbocycles. The molecule has 3 rings (SSSR count). The van der Waals surface area contributed by atoms with Gasteiger partial charge in [0.15, 0.2) is 0 Å². The van der Waals surface area contributed by atoms with Crippen LogP contribution in [0.5, 0.6) is 11.6 Å². The van der Waals surface area contributed by atoms with Gasteiger partial charge in [0.05, 0.1) is 11.8 Å². The van der Waals surface area contributed by atoms with Gasteiger partial charge in [0.25, 0.3) is 5.91 Å². The number of ether oxygens (including phenoxy) is 1. The molecule has 9 heteroatoms. The van der Waals surface area contributed by atoms with Gasteiger partial charge in [-0.15, -0.1) is 0 Å². The summed E-state index contributed by atoms with van der Waals surface area (Å²) in [5.41, 5.74) is -0.0984. The van der Waals surface area contributed by atoms with E-state index in [0.717, 1.165) is 18.3 Å². The highest BCUT2D eigenvalue weighted by Crippen LogP contribution is 2.21. The highest BCUT2D eigenvalue weighted by atomic mass is 19.1. The van der Waals surface area contributed by atoms with Gasteiger partial charge >= 0.3 is 0 Å². The molecule has 1 aromatic carbocycles. The highest BCUT2D eigenvalue weighted by Gasteiger charge is 2.32. The Morgan fingerprint density at radius 3 is 2.42 bits per heavy atom. The van der Waals surface area contributed by atoms with Gasteiger partial charge in [0, 0.05) is 38.1 Å². The molecule has 1 aliphatic heterocycles. The SMILES string of the molecule is CC(C)[C@H](NC(=O)c1ccc(F)cc1O)C(=O)N1CCC(Oc2ccc(F)cn2)CC1. The summed E-state index contributed by atoms with van der Waals surface area (Å²) in [7, 11) is 0. The summed E-state index contributed by atoms with van der Waals surface area (Å²) >= 11 is 0. The number of amides is 2. The molecular formula is C22H25F2N3O4. The topological polar surface area (TPSA) is 91.8 Å². The first-order valence-corrected chi connectivity index (χ1v) is 10.1. The number of hydrogen-bond acceptors (Lipinski definition) is 5. The number of piperidine rings is 1. The number of hydrogen-bond donors (Lipinski definition) is 2. The minimum absolute atomic E-state index is 0.0984. The number of phenolic OH excluding ortho intramolecular Hbond substituents is 1. The largest absolute Gasteiger partial charge is 0.507 e. The number of likely N-dealkylation sites (tertiary alicyclic amines) is 1. The molecule has 0 radical (unpaired) electrons. The third-order valence-corrected chi connectivity index (χ3v) is 5.17. The Kier molecular flexibility index (Phi) is 7.04. The zero-order chi connectivity index (χ0) is 22.5. The van der Waals surface area contributed by atoms with Crippen molar-refractivity contribution in [1.29, 1.82) is 0 Å². The van der Waals surface area contributed by atoms with Crippen LogP contribution in [0.15, 0.2) is 36.5 Å². The number of rotatable bonds is 6. The monoisotopic (exact) mass is 433 g/mol. The first-order chi connectivity index (χ1) is 14.7. The van der Waals surface area contributed by atoms with Gasteiger partial charge in [-0.25, -0.2) is 13.8 Å². The third-order valence-electron chi connectivity index (χ3n) is 5.17. The van der Waals surface area contributed by atoms with E-state index in [1.165, 1.54) is 18.2 Å². The lowest BCUT2D eigenvalue weighted by Gasteiger charge is -2.35. The quantitative estimate of drug-likeness (QED) is 0.731. The summed E-state index contributed by atoms with van der Waals surface area (Å²) in [5.74, 6) is -2.34. The van der Waals surface area contributed by atoms with E-state index in [1.54, 1.807) is 4.90 Å². The molecule has 2 aromatic rings. The summed E-state index contributed by atoms with van der Waals surface area (Å²) < 4.78 is 31.9. The van der Waals surface area contributed by atoms with E-state index in [1.807, 2.05) is 13.8 Å². The normalized spacial score (nSPS) is 15.6. The van der Waals surface area contributed by atoms with Crippen molar-refractivity contribution in [2.24, 2.45) is 5.92 Å². The van der Waals surface area contributed by atoms with Gasteiger partial charge in [-0.1, -0.05) is 13.8 Å². The predicted molar refractivity (Wildman–Crippen MR) is 109 cm³/mol. The van der Waals surface area contributed by atoms with Gasteiger partial charge < -0.3 is 20.1 Å². The molecule has 0 saturated carbocycles. The number of carbonyl (C=O) groups excluding carboxylic acids is 2. The van der Waals surface area contributed by atoms with E-state index in [4.69, 9.17) is 4.74 Å². The van der Waals surface area contributed by atoms with Crippen molar-refractivity contribution in [3.63, 3.8) is 0 Å². The Morgan fingerprint density at radius 1 is 1.16 bits per heavy atom. The van der Waals surface area contributed by atoms with E-state index in [2.05, 4.69) is 10.3 Å². The van der Waals surface area contributed by atoms with Crippen molar-refractivity contribution < 1.29 is 28.2 Å². The maximum Gasteiger partial charge on any atom is 0.255 e. The molecule has 2 amide bonds. The smallest absolute Gasteiger partial charge is 0.255 e. The van der Waals surface area contributed by atoms with E-state index >= 15 is 0 Å². The van der Waals surface area contributed by atoms with Gasteiger partial charge in [-0.05, 0) is 24.1 Å². The Balaban J connectivity index is 1.59. The second-order valence-corrected chi connectivity index (χ2v) is 7.81. The number of phenols is 1. The number of carbonyl (C=O) groups is 2. The molecule has 0 unspecified atom stereocenters. The van der Waals surface area contributed by atoms with Crippen molar-refractivity contribution in [3.8, 4) is 11.6 Å². The fraction of sp³-hybridized carbons (Fsp3) is 0.409. The molecule has 1 aromatic heterocycles. The van der Waals surface area contributed by atoms with Crippen LogP contribution in [0, 0.1) is 17.6 Å². The number of nitrogens with one attached hydrogen (secondary N) is 1. The highest BCUT2D eigenvalue weighted by molar-refractivity contribution is 5.99. The van der Waals surface area contributed by atoms with Crippen molar-refractivity contribution >= 4 is 11.8 Å². The predicted octanol–water partition coefficient (Wildman–Crippen LogP) is 2.89. The molecule has 31 heavy (non-hydrogen) atoms. The second kappa shape index (κ2) is 9.72. The van der Waals surface area contributed by atoms with Crippen LogP contribution in [0.4, 0.5) is 8.78 Å². The van der Waals surface area contributed by atoms with E-state index in [0.29, 0.717) is 31.8 Å². The molecule has 1 aliphatic rings. The number of nitrogens with zero attached hydrogens (tertiary/aromatic N) is 2. The molecule has 1 fully saturated rings. The van der Waals surface area contributed by atoms with Crippen LogP contribution in [0.3, 0.4) is 0 Å². The molecule has 7 nitrogen and oxygen atoms in total. The number of aromatic hydroxyl groups is 1. The van der Waals surface area contributed by atoms with Crippen molar-refractivity contribution in [2.75, 3.05) is 13.1 Å². The maximum atomic E-state index is 13.2. The Labute approximate surface area is 179 Å².